The Kier molecular flexibility index (Phi) is 3.22. The topological polar surface area (TPSA) is 51.5 Å². The molecule has 0 radical (unpaired) electrons. The van der Waals surface area contributed by atoms with Gasteiger partial charge in [-0.15, -0.1) is 0 Å². The predicted octanol–water partition coefficient (Wildman–Crippen LogP) is 2.87. The monoisotopic (exact) mass is 277 g/mol. The Bertz CT molecular complexity index is 644. The average molecular weight is 277 g/mol. The van der Waals surface area contributed by atoms with Crippen LogP contribution in [0.1, 0.15) is 30.1 Å². The van der Waals surface area contributed by atoms with Crippen molar-refractivity contribution in [3.63, 3.8) is 0 Å². The number of hydrogen-bond donors (Lipinski definition) is 1. The maximum absolute atomic E-state index is 13.3. The van der Waals surface area contributed by atoms with Crippen molar-refractivity contribution in [1.82, 2.24) is 5.32 Å². The molecule has 1 amide bonds. The molecule has 0 spiro atoms. The maximum Gasteiger partial charge on any atom is 0.255 e. The first-order valence-corrected chi connectivity index (χ1v) is 6.64. The number of rotatable bonds is 2. The lowest BCUT2D eigenvalue weighted by atomic mass is 9.94. The van der Waals surface area contributed by atoms with E-state index in [0.717, 1.165) is 19.4 Å². The first kappa shape index (κ1) is 13.1. The van der Waals surface area contributed by atoms with Gasteiger partial charge in [0.2, 0.25) is 0 Å². The van der Waals surface area contributed by atoms with Gasteiger partial charge in [0.15, 0.2) is 0 Å². The summed E-state index contributed by atoms with van der Waals surface area (Å²) in [5.74, 6) is -0.650. The van der Waals surface area contributed by atoms with Crippen LogP contribution in [-0.4, -0.2) is 24.7 Å². The molecule has 3 rings (SSSR count). The van der Waals surface area contributed by atoms with Crippen LogP contribution in [0.5, 0.6) is 0 Å². The second-order valence-electron chi connectivity index (χ2n) is 5.46. The molecule has 1 aliphatic heterocycles. The van der Waals surface area contributed by atoms with Crippen molar-refractivity contribution in [2.24, 2.45) is 0 Å². The fourth-order valence-electron chi connectivity index (χ4n) is 2.55. The molecule has 1 unspecified atom stereocenters. The van der Waals surface area contributed by atoms with E-state index in [0.29, 0.717) is 23.1 Å². The van der Waals surface area contributed by atoms with E-state index < -0.39 is 0 Å². The highest BCUT2D eigenvalue weighted by molar-refractivity contribution is 6.06. The number of nitrogens with one attached hydrogen (secondary N) is 1. The highest BCUT2D eigenvalue weighted by Gasteiger charge is 2.30. The third kappa shape index (κ3) is 2.41. The highest BCUT2D eigenvalue weighted by Crippen LogP contribution is 2.24. The number of ether oxygens (including phenoxy) is 1. The molecule has 2 aromatic rings. The first-order chi connectivity index (χ1) is 9.57. The molecule has 1 aromatic carbocycles. The quantitative estimate of drug-likeness (QED) is 0.918. The number of furan rings is 1. The SMILES string of the molecule is CC1(NC(=O)c2coc3ccc(F)cc23)CCCOC1. The van der Waals surface area contributed by atoms with Gasteiger partial charge in [0.1, 0.15) is 17.7 Å². The average Bonchev–Trinajstić information content (AvgIpc) is 2.82. The Labute approximate surface area is 115 Å². The van der Waals surface area contributed by atoms with Crippen LogP contribution in [0.3, 0.4) is 0 Å². The Morgan fingerprint density at radius 3 is 3.05 bits per heavy atom. The Morgan fingerprint density at radius 2 is 2.30 bits per heavy atom. The van der Waals surface area contributed by atoms with Gasteiger partial charge in [0.05, 0.1) is 17.7 Å². The van der Waals surface area contributed by atoms with Crippen LogP contribution in [-0.2, 0) is 4.74 Å². The van der Waals surface area contributed by atoms with Crippen molar-refractivity contribution in [2.75, 3.05) is 13.2 Å². The fraction of sp³-hybridized carbons (Fsp3) is 0.400. The van der Waals surface area contributed by atoms with Gasteiger partial charge in [0.25, 0.3) is 5.91 Å². The molecular formula is C15H16FNO3. The largest absolute Gasteiger partial charge is 0.463 e. The predicted molar refractivity (Wildman–Crippen MR) is 72.1 cm³/mol. The molecule has 0 aliphatic carbocycles. The van der Waals surface area contributed by atoms with Gasteiger partial charge in [-0.1, -0.05) is 0 Å². The molecule has 0 saturated carbocycles. The molecule has 1 atom stereocenters. The third-order valence-electron chi connectivity index (χ3n) is 3.63. The second-order valence-corrected chi connectivity index (χ2v) is 5.46. The Balaban J connectivity index is 1.87. The minimum Gasteiger partial charge on any atom is -0.463 e. The van der Waals surface area contributed by atoms with E-state index in [-0.39, 0.29) is 17.3 Å². The van der Waals surface area contributed by atoms with Crippen LogP contribution < -0.4 is 5.32 Å². The maximum atomic E-state index is 13.3. The molecule has 5 heteroatoms. The van der Waals surface area contributed by atoms with E-state index >= 15 is 0 Å². The van der Waals surface area contributed by atoms with E-state index in [1.807, 2.05) is 6.92 Å². The molecule has 4 nitrogen and oxygen atoms in total. The van der Waals surface area contributed by atoms with Crippen LogP contribution in [0, 0.1) is 5.82 Å². The minimum atomic E-state index is -0.389. The van der Waals surface area contributed by atoms with E-state index in [4.69, 9.17) is 9.15 Å². The summed E-state index contributed by atoms with van der Waals surface area (Å²) in [6.45, 7) is 3.17. The fourth-order valence-corrected chi connectivity index (χ4v) is 2.55. The zero-order valence-corrected chi connectivity index (χ0v) is 11.2. The zero-order valence-electron chi connectivity index (χ0n) is 11.2. The number of carbonyl (C=O) groups excluding carboxylic acids is 1. The number of hydrogen-bond acceptors (Lipinski definition) is 3. The second kappa shape index (κ2) is 4.90. The smallest absolute Gasteiger partial charge is 0.255 e. The van der Waals surface area contributed by atoms with Crippen LogP contribution in [0.15, 0.2) is 28.9 Å². The van der Waals surface area contributed by atoms with Gasteiger partial charge in [-0.2, -0.15) is 0 Å². The third-order valence-corrected chi connectivity index (χ3v) is 3.63. The number of halogens is 1. The molecule has 1 N–H and O–H groups in total. The lowest BCUT2D eigenvalue weighted by Gasteiger charge is -2.34. The molecule has 1 saturated heterocycles. The highest BCUT2D eigenvalue weighted by atomic mass is 19.1. The van der Waals surface area contributed by atoms with Crippen molar-refractivity contribution >= 4 is 16.9 Å². The summed E-state index contributed by atoms with van der Waals surface area (Å²) in [4.78, 5) is 12.4. The number of amides is 1. The number of benzene rings is 1. The van der Waals surface area contributed by atoms with Crippen LogP contribution in [0.25, 0.3) is 11.0 Å². The van der Waals surface area contributed by atoms with Gasteiger partial charge < -0.3 is 14.5 Å². The first-order valence-electron chi connectivity index (χ1n) is 6.64. The van der Waals surface area contributed by atoms with Crippen molar-refractivity contribution in [3.05, 3.63) is 35.8 Å². The Hall–Kier alpha value is -1.88. The van der Waals surface area contributed by atoms with Gasteiger partial charge >= 0.3 is 0 Å². The summed E-state index contributed by atoms with van der Waals surface area (Å²) in [7, 11) is 0. The van der Waals surface area contributed by atoms with Crippen molar-refractivity contribution in [2.45, 2.75) is 25.3 Å². The molecule has 106 valence electrons. The lowest BCUT2D eigenvalue weighted by Crippen LogP contribution is -2.51. The normalized spacial score (nSPS) is 22.9. The summed E-state index contributed by atoms with van der Waals surface area (Å²) in [6, 6.07) is 4.14. The molecule has 1 aliphatic rings. The lowest BCUT2D eigenvalue weighted by molar-refractivity contribution is 0.0273. The summed E-state index contributed by atoms with van der Waals surface area (Å²) in [6.07, 6.45) is 3.15. The van der Waals surface area contributed by atoms with E-state index in [1.54, 1.807) is 0 Å². The van der Waals surface area contributed by atoms with E-state index in [2.05, 4.69) is 5.32 Å². The van der Waals surface area contributed by atoms with Crippen molar-refractivity contribution < 1.29 is 18.3 Å². The van der Waals surface area contributed by atoms with Gasteiger partial charge in [-0.05, 0) is 38.0 Å². The van der Waals surface area contributed by atoms with Crippen LogP contribution in [0.2, 0.25) is 0 Å². The van der Waals surface area contributed by atoms with E-state index in [1.165, 1.54) is 24.5 Å². The summed E-state index contributed by atoms with van der Waals surface area (Å²) in [5.41, 5.74) is 0.472. The van der Waals surface area contributed by atoms with Crippen LogP contribution in [0.4, 0.5) is 4.39 Å². The molecule has 20 heavy (non-hydrogen) atoms. The van der Waals surface area contributed by atoms with Gasteiger partial charge in [-0.25, -0.2) is 4.39 Å². The Morgan fingerprint density at radius 1 is 1.45 bits per heavy atom. The summed E-state index contributed by atoms with van der Waals surface area (Å²) in [5, 5.41) is 3.45. The molecule has 1 aromatic heterocycles. The molecule has 2 heterocycles. The zero-order chi connectivity index (χ0) is 14.2. The summed E-state index contributed by atoms with van der Waals surface area (Å²) >= 11 is 0. The minimum absolute atomic E-state index is 0.262. The standard InChI is InChI=1S/C15H16FNO3/c1-15(5-2-6-19-9-15)17-14(18)12-8-20-13-4-3-10(16)7-11(12)13/h3-4,7-8H,2,5-6,9H2,1H3,(H,17,18). The van der Waals surface area contributed by atoms with Crippen molar-refractivity contribution in [1.29, 1.82) is 0 Å². The van der Waals surface area contributed by atoms with E-state index in [9.17, 15) is 9.18 Å². The number of fused-ring (bicyclic) bond motifs is 1. The molecule has 1 fully saturated rings. The molecular weight excluding hydrogens is 261 g/mol. The van der Waals surface area contributed by atoms with Gasteiger partial charge in [-0.3, -0.25) is 4.79 Å². The van der Waals surface area contributed by atoms with Crippen molar-refractivity contribution in [3.8, 4) is 0 Å². The number of carbonyl (C=O) groups is 1. The van der Waals surface area contributed by atoms with Gasteiger partial charge in [0, 0.05) is 12.0 Å². The molecule has 0 bridgehead atoms. The van der Waals surface area contributed by atoms with Crippen LogP contribution >= 0.6 is 0 Å². The summed E-state index contributed by atoms with van der Waals surface area (Å²) < 4.78 is 24.0.